The highest BCUT2D eigenvalue weighted by Crippen LogP contribution is 2.10. The molecule has 0 heterocycles. The molecule has 0 atom stereocenters. The summed E-state index contributed by atoms with van der Waals surface area (Å²) in [5.41, 5.74) is 1.13. The van der Waals surface area contributed by atoms with Gasteiger partial charge in [-0.3, -0.25) is 4.79 Å². The molecule has 1 aromatic carbocycles. The van der Waals surface area contributed by atoms with E-state index < -0.39 is 0 Å². The van der Waals surface area contributed by atoms with Crippen LogP contribution in [0.5, 0.6) is 0 Å². The minimum Gasteiger partial charge on any atom is -0.465 e. The van der Waals surface area contributed by atoms with Gasteiger partial charge in [-0.1, -0.05) is 19.8 Å². The summed E-state index contributed by atoms with van der Waals surface area (Å²) in [6, 6.07) is 6.61. The van der Waals surface area contributed by atoms with Gasteiger partial charge in [-0.25, -0.2) is 4.79 Å². The number of hydrogen-bond donors (Lipinski definition) is 2. The number of ether oxygens (including phenoxy) is 1. The highest BCUT2D eigenvalue weighted by atomic mass is 16.5. The lowest BCUT2D eigenvalue weighted by Crippen LogP contribution is -2.28. The number of anilines is 1. The second-order valence-electron chi connectivity index (χ2n) is 4.50. The zero-order valence-electron chi connectivity index (χ0n) is 12.1. The zero-order valence-corrected chi connectivity index (χ0v) is 12.1. The van der Waals surface area contributed by atoms with E-state index in [-0.39, 0.29) is 11.9 Å². The first-order chi connectivity index (χ1) is 9.67. The Kier molecular flexibility index (Phi) is 7.35. The third-order valence-electron chi connectivity index (χ3n) is 2.83. The maximum atomic E-state index is 11.7. The molecule has 1 amide bonds. The monoisotopic (exact) mass is 278 g/mol. The largest absolute Gasteiger partial charge is 0.465 e. The Morgan fingerprint density at radius 3 is 2.45 bits per heavy atom. The maximum absolute atomic E-state index is 11.7. The first kappa shape index (κ1) is 16.2. The Balaban J connectivity index is 2.33. The molecular weight excluding hydrogens is 256 g/mol. The van der Waals surface area contributed by atoms with Crippen molar-refractivity contribution in [3.63, 3.8) is 0 Å². The number of carbonyl (C=O) groups excluding carboxylic acids is 2. The molecule has 0 fully saturated rings. The summed E-state index contributed by atoms with van der Waals surface area (Å²) >= 11 is 0. The van der Waals surface area contributed by atoms with Crippen molar-refractivity contribution >= 4 is 17.6 Å². The molecular formula is C15H22N2O3. The molecule has 0 radical (unpaired) electrons. The van der Waals surface area contributed by atoms with Gasteiger partial charge in [0.2, 0.25) is 5.91 Å². The topological polar surface area (TPSA) is 67.4 Å². The van der Waals surface area contributed by atoms with Crippen LogP contribution in [0, 0.1) is 0 Å². The van der Waals surface area contributed by atoms with Crippen molar-refractivity contribution in [2.75, 3.05) is 25.5 Å². The van der Waals surface area contributed by atoms with Crippen LogP contribution in [0.1, 0.15) is 36.5 Å². The number of unbranched alkanes of at least 4 members (excludes halogenated alkanes) is 2. The molecule has 0 aromatic heterocycles. The zero-order chi connectivity index (χ0) is 14.8. The molecule has 1 aromatic rings. The van der Waals surface area contributed by atoms with Gasteiger partial charge in [0.15, 0.2) is 0 Å². The summed E-state index contributed by atoms with van der Waals surface area (Å²) in [5.74, 6) is -0.479. The minimum absolute atomic E-state index is 0.0904. The van der Waals surface area contributed by atoms with E-state index >= 15 is 0 Å². The molecule has 0 saturated heterocycles. The molecule has 0 bridgehead atoms. The predicted octanol–water partition coefficient (Wildman–Crippen LogP) is 2.19. The van der Waals surface area contributed by atoms with Crippen LogP contribution in [0.25, 0.3) is 0 Å². The quantitative estimate of drug-likeness (QED) is 0.565. The predicted molar refractivity (Wildman–Crippen MR) is 78.8 cm³/mol. The van der Waals surface area contributed by atoms with Crippen molar-refractivity contribution in [3.05, 3.63) is 29.8 Å². The number of nitrogens with one attached hydrogen (secondary N) is 2. The fourth-order valence-electron chi connectivity index (χ4n) is 1.71. The van der Waals surface area contributed by atoms with Crippen LogP contribution in [-0.4, -0.2) is 32.1 Å². The number of amides is 1. The van der Waals surface area contributed by atoms with E-state index in [1.165, 1.54) is 20.0 Å². The van der Waals surface area contributed by atoms with Gasteiger partial charge in [0, 0.05) is 5.69 Å². The SMILES string of the molecule is CCCCCNCC(=O)Nc1ccc(C(=O)OC)cc1. The Morgan fingerprint density at radius 1 is 1.15 bits per heavy atom. The molecule has 0 unspecified atom stereocenters. The average molecular weight is 278 g/mol. The number of hydrogen-bond acceptors (Lipinski definition) is 4. The number of benzene rings is 1. The molecule has 2 N–H and O–H groups in total. The van der Waals surface area contributed by atoms with Crippen LogP contribution >= 0.6 is 0 Å². The van der Waals surface area contributed by atoms with Gasteiger partial charge < -0.3 is 15.4 Å². The smallest absolute Gasteiger partial charge is 0.337 e. The first-order valence-corrected chi connectivity index (χ1v) is 6.86. The summed E-state index contributed by atoms with van der Waals surface area (Å²) in [6.45, 7) is 3.29. The van der Waals surface area contributed by atoms with Gasteiger partial charge in [0.25, 0.3) is 0 Å². The van der Waals surface area contributed by atoms with Crippen molar-refractivity contribution in [3.8, 4) is 0 Å². The first-order valence-electron chi connectivity index (χ1n) is 6.86. The molecule has 1 rings (SSSR count). The van der Waals surface area contributed by atoms with E-state index in [1.54, 1.807) is 24.3 Å². The van der Waals surface area contributed by atoms with Gasteiger partial charge >= 0.3 is 5.97 Å². The van der Waals surface area contributed by atoms with E-state index in [0.717, 1.165) is 13.0 Å². The fourth-order valence-corrected chi connectivity index (χ4v) is 1.71. The summed E-state index contributed by atoms with van der Waals surface area (Å²) in [5, 5.41) is 5.86. The van der Waals surface area contributed by atoms with Gasteiger partial charge in [-0.2, -0.15) is 0 Å². The Labute approximate surface area is 119 Å². The molecule has 5 nitrogen and oxygen atoms in total. The van der Waals surface area contributed by atoms with Crippen LogP contribution in [0.15, 0.2) is 24.3 Å². The second kappa shape index (κ2) is 9.09. The van der Waals surface area contributed by atoms with Crippen molar-refractivity contribution in [1.82, 2.24) is 5.32 Å². The van der Waals surface area contributed by atoms with E-state index in [9.17, 15) is 9.59 Å². The van der Waals surface area contributed by atoms with E-state index in [0.29, 0.717) is 17.8 Å². The summed E-state index contributed by atoms with van der Waals surface area (Å²) in [6.07, 6.45) is 3.42. The summed E-state index contributed by atoms with van der Waals surface area (Å²) in [4.78, 5) is 22.9. The van der Waals surface area contributed by atoms with Crippen molar-refractivity contribution < 1.29 is 14.3 Å². The highest BCUT2D eigenvalue weighted by molar-refractivity contribution is 5.93. The third-order valence-corrected chi connectivity index (χ3v) is 2.83. The Bertz CT molecular complexity index is 429. The molecule has 0 aliphatic rings. The summed E-state index contributed by atoms with van der Waals surface area (Å²) in [7, 11) is 1.34. The third kappa shape index (κ3) is 5.84. The molecule has 110 valence electrons. The van der Waals surface area contributed by atoms with E-state index in [1.807, 2.05) is 0 Å². The van der Waals surface area contributed by atoms with E-state index in [2.05, 4.69) is 22.3 Å². The normalized spacial score (nSPS) is 10.1. The van der Waals surface area contributed by atoms with Crippen molar-refractivity contribution in [2.24, 2.45) is 0 Å². The van der Waals surface area contributed by atoms with Crippen molar-refractivity contribution in [1.29, 1.82) is 0 Å². The maximum Gasteiger partial charge on any atom is 0.337 e. The van der Waals surface area contributed by atoms with Crippen LogP contribution in [0.4, 0.5) is 5.69 Å². The van der Waals surface area contributed by atoms with Crippen LogP contribution < -0.4 is 10.6 Å². The number of methoxy groups -OCH3 is 1. The molecule has 20 heavy (non-hydrogen) atoms. The van der Waals surface area contributed by atoms with Crippen LogP contribution in [0.3, 0.4) is 0 Å². The number of carbonyl (C=O) groups is 2. The van der Waals surface area contributed by atoms with Gasteiger partial charge in [0.05, 0.1) is 19.2 Å². The number of rotatable bonds is 8. The second-order valence-corrected chi connectivity index (χ2v) is 4.50. The van der Waals surface area contributed by atoms with Crippen LogP contribution in [-0.2, 0) is 9.53 Å². The summed E-state index contributed by atoms with van der Waals surface area (Å²) < 4.78 is 4.61. The average Bonchev–Trinajstić information content (AvgIpc) is 2.47. The molecule has 0 aliphatic carbocycles. The lowest BCUT2D eigenvalue weighted by atomic mass is 10.2. The van der Waals surface area contributed by atoms with Crippen LogP contribution in [0.2, 0.25) is 0 Å². The lowest BCUT2D eigenvalue weighted by molar-refractivity contribution is -0.115. The van der Waals surface area contributed by atoms with Gasteiger partial charge in [0.1, 0.15) is 0 Å². The molecule has 0 spiro atoms. The molecule has 0 aliphatic heterocycles. The fraction of sp³-hybridized carbons (Fsp3) is 0.467. The Morgan fingerprint density at radius 2 is 1.85 bits per heavy atom. The van der Waals surface area contributed by atoms with Crippen molar-refractivity contribution in [2.45, 2.75) is 26.2 Å². The molecule has 0 saturated carbocycles. The lowest BCUT2D eigenvalue weighted by Gasteiger charge is -2.07. The molecule has 5 heteroatoms. The van der Waals surface area contributed by atoms with E-state index in [4.69, 9.17) is 0 Å². The Hall–Kier alpha value is -1.88. The highest BCUT2D eigenvalue weighted by Gasteiger charge is 2.06. The van der Waals surface area contributed by atoms with Gasteiger partial charge in [-0.05, 0) is 37.2 Å². The standard InChI is InChI=1S/C15H22N2O3/c1-3-4-5-10-16-11-14(18)17-13-8-6-12(7-9-13)15(19)20-2/h6-9,16H,3-5,10-11H2,1-2H3,(H,17,18). The van der Waals surface area contributed by atoms with Gasteiger partial charge in [-0.15, -0.1) is 0 Å². The minimum atomic E-state index is -0.388. The number of esters is 1.